The van der Waals surface area contributed by atoms with Gasteiger partial charge in [0, 0.05) is 25.1 Å². The minimum Gasteiger partial charge on any atom is -0.414 e. The van der Waals surface area contributed by atoms with Crippen LogP contribution < -0.4 is 5.32 Å². The van der Waals surface area contributed by atoms with E-state index in [4.69, 9.17) is 4.42 Å². The Morgan fingerprint density at radius 3 is 2.25 bits per heavy atom. The lowest BCUT2D eigenvalue weighted by atomic mass is 10.0. The van der Waals surface area contributed by atoms with E-state index in [0.29, 0.717) is 24.2 Å². The van der Waals surface area contributed by atoms with Crippen molar-refractivity contribution in [3.63, 3.8) is 0 Å². The van der Waals surface area contributed by atoms with Crippen molar-refractivity contribution in [3.05, 3.63) is 72.1 Å². The van der Waals surface area contributed by atoms with Crippen molar-refractivity contribution >= 4 is 27.4 Å². The molecule has 0 spiro atoms. The van der Waals surface area contributed by atoms with Gasteiger partial charge in [0.1, 0.15) is 0 Å². The molecule has 2 aromatic carbocycles. The van der Waals surface area contributed by atoms with Crippen molar-refractivity contribution in [2.24, 2.45) is 5.92 Å². The van der Waals surface area contributed by atoms with E-state index in [9.17, 15) is 22.8 Å². The summed E-state index contributed by atoms with van der Waals surface area (Å²) in [6, 6.07) is 16.6. The van der Waals surface area contributed by atoms with E-state index in [1.165, 1.54) is 0 Å². The number of Topliss-reactive ketones (excluding diaryl/α,β-unsaturated/α-hetero) is 1. The van der Waals surface area contributed by atoms with Crippen LogP contribution in [0.15, 0.2) is 65.1 Å². The topological polar surface area (TPSA) is 140 Å². The first-order valence-electron chi connectivity index (χ1n) is 13.5. The van der Waals surface area contributed by atoms with Crippen LogP contribution in [-0.4, -0.2) is 66.0 Å². The lowest BCUT2D eigenvalue weighted by molar-refractivity contribution is -0.136. The third kappa shape index (κ3) is 7.84. The van der Waals surface area contributed by atoms with Gasteiger partial charge in [0.05, 0.1) is 23.5 Å². The van der Waals surface area contributed by atoms with Crippen LogP contribution in [0.3, 0.4) is 0 Å². The van der Waals surface area contributed by atoms with Crippen LogP contribution >= 0.6 is 0 Å². The molecule has 1 saturated heterocycles. The smallest absolute Gasteiger partial charge is 0.286 e. The largest absolute Gasteiger partial charge is 0.414 e. The van der Waals surface area contributed by atoms with Crippen molar-refractivity contribution < 1.29 is 27.2 Å². The van der Waals surface area contributed by atoms with Crippen LogP contribution in [0.4, 0.5) is 0 Å². The summed E-state index contributed by atoms with van der Waals surface area (Å²) in [4.78, 5) is 41.4. The van der Waals surface area contributed by atoms with Crippen LogP contribution in [0.5, 0.6) is 0 Å². The number of hydrogen-bond donors (Lipinski definition) is 1. The molecule has 40 heavy (non-hydrogen) atoms. The van der Waals surface area contributed by atoms with Gasteiger partial charge < -0.3 is 14.6 Å². The fourth-order valence-electron chi connectivity index (χ4n) is 4.72. The Balaban J connectivity index is 1.49. The van der Waals surface area contributed by atoms with Gasteiger partial charge in [-0.25, -0.2) is 8.42 Å². The number of carbonyl (C=O) groups excluding carboxylic acids is 3. The number of carbonyl (C=O) groups is 3. The molecule has 0 bridgehead atoms. The monoisotopic (exact) mass is 566 g/mol. The van der Waals surface area contributed by atoms with Gasteiger partial charge in [-0.1, -0.05) is 55.5 Å². The fourth-order valence-corrected chi connectivity index (χ4v) is 6.42. The van der Waals surface area contributed by atoms with E-state index in [0.717, 1.165) is 19.3 Å². The van der Waals surface area contributed by atoms with Gasteiger partial charge in [0.25, 0.3) is 5.89 Å². The average Bonchev–Trinajstić information content (AvgIpc) is 3.47. The van der Waals surface area contributed by atoms with Gasteiger partial charge in [-0.2, -0.15) is 0 Å². The predicted octanol–water partition coefficient (Wildman–Crippen LogP) is 3.45. The molecule has 1 N–H and O–H groups in total. The van der Waals surface area contributed by atoms with E-state index in [1.54, 1.807) is 66.4 Å². The molecular weight excluding hydrogens is 532 g/mol. The van der Waals surface area contributed by atoms with Crippen molar-refractivity contribution in [2.75, 3.05) is 18.8 Å². The maximum atomic E-state index is 13.5. The van der Waals surface area contributed by atoms with Gasteiger partial charge in [-0.05, 0) is 43.4 Å². The molecule has 11 heteroatoms. The average molecular weight is 567 g/mol. The lowest BCUT2D eigenvalue weighted by Crippen LogP contribution is -2.47. The van der Waals surface area contributed by atoms with E-state index in [2.05, 4.69) is 15.5 Å². The number of ketones is 1. The summed E-state index contributed by atoms with van der Waals surface area (Å²) in [6.07, 6.45) is 2.72. The normalized spacial score (nSPS) is 15.3. The number of hydrogen-bond acceptors (Lipinski definition) is 8. The molecule has 0 radical (unpaired) electrons. The van der Waals surface area contributed by atoms with Crippen LogP contribution in [0.1, 0.15) is 55.3 Å². The molecule has 2 amide bonds. The van der Waals surface area contributed by atoms with Crippen molar-refractivity contribution in [3.8, 4) is 11.5 Å². The zero-order valence-electron chi connectivity index (χ0n) is 22.5. The van der Waals surface area contributed by atoms with Gasteiger partial charge in [-0.3, -0.25) is 14.4 Å². The van der Waals surface area contributed by atoms with Crippen molar-refractivity contribution in [1.29, 1.82) is 0 Å². The van der Waals surface area contributed by atoms with Crippen LogP contribution in [0, 0.1) is 5.92 Å². The van der Waals surface area contributed by atoms with E-state index in [-0.39, 0.29) is 36.3 Å². The second-order valence-corrected chi connectivity index (χ2v) is 12.1. The molecule has 4 rings (SSSR count). The Morgan fingerprint density at radius 2 is 1.60 bits per heavy atom. The molecule has 212 valence electrons. The Hall–Kier alpha value is -3.86. The molecule has 2 heterocycles. The van der Waals surface area contributed by atoms with E-state index < -0.39 is 39.2 Å². The molecule has 2 atom stereocenters. The van der Waals surface area contributed by atoms with Gasteiger partial charge in [-0.15, -0.1) is 10.2 Å². The highest BCUT2D eigenvalue weighted by Crippen LogP contribution is 2.20. The zero-order valence-corrected chi connectivity index (χ0v) is 23.3. The first kappa shape index (κ1) is 29.1. The molecule has 0 saturated carbocycles. The van der Waals surface area contributed by atoms with E-state index in [1.807, 2.05) is 6.07 Å². The highest BCUT2D eigenvalue weighted by atomic mass is 32.2. The lowest BCUT2D eigenvalue weighted by Gasteiger charge is -2.28. The molecule has 10 nitrogen and oxygen atoms in total. The molecule has 1 aromatic heterocycles. The Kier molecular flexibility index (Phi) is 9.81. The molecule has 0 aliphatic carbocycles. The molecule has 1 aliphatic heterocycles. The van der Waals surface area contributed by atoms with Crippen molar-refractivity contribution in [2.45, 2.75) is 50.8 Å². The SMILES string of the molecule is CCC(NC(=O)C(CC(=O)N1CCCCC1)CS(=O)(=O)Cc1ccccc1)C(=O)c1nnc(-c2ccccc2)o1. The molecule has 1 fully saturated rings. The van der Waals surface area contributed by atoms with Crippen LogP contribution in [0.25, 0.3) is 11.5 Å². The Labute approximate surface area is 234 Å². The minimum atomic E-state index is -3.75. The summed E-state index contributed by atoms with van der Waals surface area (Å²) in [5.41, 5.74) is 1.24. The number of nitrogens with zero attached hydrogens (tertiary/aromatic N) is 3. The second-order valence-electron chi connectivity index (χ2n) is 9.99. The number of nitrogens with one attached hydrogen (secondary N) is 1. The number of sulfone groups is 1. The first-order valence-corrected chi connectivity index (χ1v) is 15.3. The van der Waals surface area contributed by atoms with Gasteiger partial charge >= 0.3 is 0 Å². The number of rotatable bonds is 12. The fraction of sp³-hybridized carbons (Fsp3) is 0.414. The van der Waals surface area contributed by atoms with Crippen molar-refractivity contribution in [1.82, 2.24) is 20.4 Å². The van der Waals surface area contributed by atoms with Crippen LogP contribution in [0.2, 0.25) is 0 Å². The summed E-state index contributed by atoms with van der Waals surface area (Å²) >= 11 is 0. The first-order chi connectivity index (χ1) is 19.3. The highest BCUT2D eigenvalue weighted by molar-refractivity contribution is 7.90. The van der Waals surface area contributed by atoms with Gasteiger partial charge in [0.15, 0.2) is 9.84 Å². The number of likely N-dealkylation sites (tertiary alicyclic amines) is 1. The highest BCUT2D eigenvalue weighted by Gasteiger charge is 2.33. The summed E-state index contributed by atoms with van der Waals surface area (Å²) in [5, 5.41) is 10.5. The molecule has 2 unspecified atom stereocenters. The standard InChI is InChI=1S/C29H34N4O6S/c1-2-24(26(35)29-32-31-28(39-29)22-14-8-4-9-15-22)30-27(36)23(18-25(34)33-16-10-5-11-17-33)20-40(37,38)19-21-12-6-3-7-13-21/h3-4,6-9,12-15,23-24H,2,5,10-11,16-20H2,1H3,(H,30,36). The van der Waals surface area contributed by atoms with Gasteiger partial charge in [0.2, 0.25) is 23.5 Å². The summed E-state index contributed by atoms with van der Waals surface area (Å²) in [6.45, 7) is 2.87. The minimum absolute atomic E-state index is 0.169. The molecule has 3 aromatic rings. The Bertz CT molecular complexity index is 1400. The third-order valence-corrected chi connectivity index (χ3v) is 8.57. The molecular formula is C29H34N4O6S. The Morgan fingerprint density at radius 1 is 0.950 bits per heavy atom. The predicted molar refractivity (Wildman–Crippen MR) is 149 cm³/mol. The number of amides is 2. The molecule has 1 aliphatic rings. The zero-order chi connectivity index (χ0) is 28.5. The third-order valence-electron chi connectivity index (χ3n) is 6.88. The summed E-state index contributed by atoms with van der Waals surface area (Å²) in [7, 11) is -3.75. The quantitative estimate of drug-likeness (QED) is 0.329. The second kappa shape index (κ2) is 13.5. The maximum Gasteiger partial charge on any atom is 0.286 e. The number of piperidine rings is 1. The van der Waals surface area contributed by atoms with E-state index >= 15 is 0 Å². The number of benzene rings is 2. The van der Waals surface area contributed by atoms with Crippen LogP contribution in [-0.2, 0) is 25.2 Å². The number of aromatic nitrogens is 2. The maximum absolute atomic E-state index is 13.5. The summed E-state index contributed by atoms with van der Waals surface area (Å²) in [5.74, 6) is -3.55. The summed E-state index contributed by atoms with van der Waals surface area (Å²) < 4.78 is 31.8.